The first-order valence-corrected chi connectivity index (χ1v) is 8.76. The Morgan fingerprint density at radius 1 is 1.12 bits per heavy atom. The van der Waals surface area contributed by atoms with E-state index in [1.807, 2.05) is 42.5 Å². The lowest BCUT2D eigenvalue weighted by molar-refractivity contribution is -0.115. The van der Waals surface area contributed by atoms with Crippen LogP contribution in [0.15, 0.2) is 53.3 Å². The standard InChI is InChI=1S/C17H15BrN4OS/c18-11-2-1-3-12(8-11)22-17-14-9-13(21-16(23)6-7-24)4-5-15(14)19-10-20-17/h1-5,8-10,24H,6-7H2,(H,21,23)(H,19,20,22). The fourth-order valence-electron chi connectivity index (χ4n) is 2.26. The Morgan fingerprint density at radius 2 is 2.00 bits per heavy atom. The molecule has 0 aliphatic rings. The second-order valence-corrected chi connectivity index (χ2v) is 6.47. The number of rotatable bonds is 5. The number of amides is 1. The summed E-state index contributed by atoms with van der Waals surface area (Å²) in [5.74, 6) is 1.13. The summed E-state index contributed by atoms with van der Waals surface area (Å²) >= 11 is 7.52. The molecule has 0 saturated heterocycles. The van der Waals surface area contributed by atoms with Crippen molar-refractivity contribution in [2.45, 2.75) is 6.42 Å². The van der Waals surface area contributed by atoms with Crippen molar-refractivity contribution in [3.63, 3.8) is 0 Å². The first-order chi connectivity index (χ1) is 11.7. The number of benzene rings is 2. The summed E-state index contributed by atoms with van der Waals surface area (Å²) in [6.07, 6.45) is 1.89. The highest BCUT2D eigenvalue weighted by Crippen LogP contribution is 2.26. The van der Waals surface area contributed by atoms with Crippen LogP contribution in [0.3, 0.4) is 0 Å². The minimum Gasteiger partial charge on any atom is -0.340 e. The Balaban J connectivity index is 1.94. The molecule has 24 heavy (non-hydrogen) atoms. The summed E-state index contributed by atoms with van der Waals surface area (Å²) in [6.45, 7) is 0. The third-order valence-corrected chi connectivity index (χ3v) is 4.06. The van der Waals surface area contributed by atoms with Crippen molar-refractivity contribution in [3.05, 3.63) is 53.3 Å². The van der Waals surface area contributed by atoms with Gasteiger partial charge in [0.25, 0.3) is 0 Å². The van der Waals surface area contributed by atoms with Gasteiger partial charge in [-0.05, 0) is 42.2 Å². The number of aromatic nitrogens is 2. The molecule has 5 nitrogen and oxygen atoms in total. The van der Waals surface area contributed by atoms with Crippen LogP contribution in [0.2, 0.25) is 0 Å². The minimum atomic E-state index is -0.0669. The second-order valence-electron chi connectivity index (χ2n) is 5.11. The van der Waals surface area contributed by atoms with Crippen LogP contribution in [0.25, 0.3) is 10.9 Å². The Kier molecular flexibility index (Phi) is 5.32. The topological polar surface area (TPSA) is 66.9 Å². The molecular formula is C17H15BrN4OS. The maximum atomic E-state index is 11.7. The highest BCUT2D eigenvalue weighted by Gasteiger charge is 2.07. The molecule has 3 aromatic rings. The smallest absolute Gasteiger partial charge is 0.225 e. The normalized spacial score (nSPS) is 10.6. The molecule has 1 aromatic heterocycles. The van der Waals surface area contributed by atoms with Crippen molar-refractivity contribution in [2.75, 3.05) is 16.4 Å². The van der Waals surface area contributed by atoms with E-state index in [0.717, 1.165) is 21.1 Å². The molecule has 0 radical (unpaired) electrons. The Labute approximate surface area is 153 Å². The predicted molar refractivity (Wildman–Crippen MR) is 104 cm³/mol. The molecule has 1 amide bonds. The number of carbonyl (C=O) groups excluding carboxylic acids is 1. The number of thiol groups is 1. The van der Waals surface area contributed by atoms with E-state index in [0.29, 0.717) is 23.7 Å². The molecule has 3 rings (SSSR count). The van der Waals surface area contributed by atoms with Gasteiger partial charge in [0.1, 0.15) is 12.1 Å². The van der Waals surface area contributed by atoms with Crippen LogP contribution in [0.1, 0.15) is 6.42 Å². The number of anilines is 3. The van der Waals surface area contributed by atoms with Gasteiger partial charge >= 0.3 is 0 Å². The summed E-state index contributed by atoms with van der Waals surface area (Å²) in [5, 5.41) is 6.98. The van der Waals surface area contributed by atoms with Crippen molar-refractivity contribution in [3.8, 4) is 0 Å². The number of hydrogen-bond donors (Lipinski definition) is 3. The predicted octanol–water partition coefficient (Wildman–Crippen LogP) is 4.39. The fourth-order valence-corrected chi connectivity index (χ4v) is 2.86. The van der Waals surface area contributed by atoms with Gasteiger partial charge in [0.15, 0.2) is 0 Å². The Bertz CT molecular complexity index is 887. The van der Waals surface area contributed by atoms with Gasteiger partial charge in [-0.15, -0.1) is 0 Å². The first-order valence-electron chi connectivity index (χ1n) is 7.34. The van der Waals surface area contributed by atoms with Gasteiger partial charge in [-0.1, -0.05) is 22.0 Å². The number of nitrogens with one attached hydrogen (secondary N) is 2. The van der Waals surface area contributed by atoms with Gasteiger partial charge in [0, 0.05) is 27.7 Å². The quantitative estimate of drug-likeness (QED) is 0.553. The van der Waals surface area contributed by atoms with E-state index in [4.69, 9.17) is 0 Å². The SMILES string of the molecule is O=C(CCS)Nc1ccc2ncnc(Nc3cccc(Br)c3)c2c1. The maximum Gasteiger partial charge on any atom is 0.225 e. The average molecular weight is 403 g/mol. The summed E-state index contributed by atoms with van der Waals surface area (Å²) < 4.78 is 0.977. The molecule has 2 N–H and O–H groups in total. The number of halogens is 1. The van der Waals surface area contributed by atoms with Crippen LogP contribution in [0, 0.1) is 0 Å². The van der Waals surface area contributed by atoms with Crippen LogP contribution < -0.4 is 10.6 Å². The van der Waals surface area contributed by atoms with E-state index < -0.39 is 0 Å². The van der Waals surface area contributed by atoms with Crippen molar-refractivity contribution >= 4 is 62.6 Å². The third-order valence-electron chi connectivity index (χ3n) is 3.35. The van der Waals surface area contributed by atoms with Gasteiger partial charge < -0.3 is 10.6 Å². The zero-order chi connectivity index (χ0) is 16.9. The highest BCUT2D eigenvalue weighted by atomic mass is 79.9. The maximum absolute atomic E-state index is 11.7. The molecule has 122 valence electrons. The van der Waals surface area contributed by atoms with Gasteiger partial charge in [0.05, 0.1) is 5.52 Å². The van der Waals surface area contributed by atoms with E-state index in [2.05, 4.69) is 49.2 Å². The lowest BCUT2D eigenvalue weighted by Gasteiger charge is -2.10. The molecule has 0 bridgehead atoms. The molecule has 2 aromatic carbocycles. The van der Waals surface area contributed by atoms with E-state index in [9.17, 15) is 4.79 Å². The number of carbonyl (C=O) groups is 1. The summed E-state index contributed by atoms with van der Waals surface area (Å²) in [6, 6.07) is 13.4. The van der Waals surface area contributed by atoms with Gasteiger partial charge in [0.2, 0.25) is 5.91 Å². The van der Waals surface area contributed by atoms with E-state index in [1.54, 1.807) is 0 Å². The molecule has 7 heteroatoms. The molecule has 0 unspecified atom stereocenters. The molecule has 0 aliphatic heterocycles. The lowest BCUT2D eigenvalue weighted by Crippen LogP contribution is -2.11. The van der Waals surface area contributed by atoms with Gasteiger partial charge in [-0.3, -0.25) is 4.79 Å². The Hall–Kier alpha value is -2.12. The molecule has 1 heterocycles. The van der Waals surface area contributed by atoms with Gasteiger partial charge in [-0.25, -0.2) is 9.97 Å². The molecule has 0 saturated carbocycles. The van der Waals surface area contributed by atoms with Crippen molar-refractivity contribution in [1.29, 1.82) is 0 Å². The zero-order valence-electron chi connectivity index (χ0n) is 12.7. The third kappa shape index (κ3) is 4.04. The van der Waals surface area contributed by atoms with Crippen LogP contribution in [-0.4, -0.2) is 21.6 Å². The zero-order valence-corrected chi connectivity index (χ0v) is 15.1. The van der Waals surface area contributed by atoms with Gasteiger partial charge in [-0.2, -0.15) is 12.6 Å². The summed E-state index contributed by atoms with van der Waals surface area (Å²) in [5.41, 5.74) is 2.42. The molecule has 0 fully saturated rings. The number of hydrogen-bond acceptors (Lipinski definition) is 5. The molecule has 0 atom stereocenters. The van der Waals surface area contributed by atoms with E-state index in [1.165, 1.54) is 6.33 Å². The second kappa shape index (κ2) is 7.63. The van der Waals surface area contributed by atoms with Crippen LogP contribution in [-0.2, 0) is 4.79 Å². The Morgan fingerprint density at radius 3 is 2.79 bits per heavy atom. The fraction of sp³-hybridized carbons (Fsp3) is 0.118. The van der Waals surface area contributed by atoms with Crippen LogP contribution >= 0.6 is 28.6 Å². The van der Waals surface area contributed by atoms with E-state index >= 15 is 0 Å². The highest BCUT2D eigenvalue weighted by molar-refractivity contribution is 9.10. The number of nitrogens with zero attached hydrogens (tertiary/aromatic N) is 2. The van der Waals surface area contributed by atoms with Crippen molar-refractivity contribution in [2.24, 2.45) is 0 Å². The summed E-state index contributed by atoms with van der Waals surface area (Å²) in [4.78, 5) is 20.3. The lowest BCUT2D eigenvalue weighted by atomic mass is 10.2. The largest absolute Gasteiger partial charge is 0.340 e. The monoisotopic (exact) mass is 402 g/mol. The van der Waals surface area contributed by atoms with Crippen molar-refractivity contribution in [1.82, 2.24) is 9.97 Å². The first kappa shape index (κ1) is 16.7. The molecular weight excluding hydrogens is 388 g/mol. The van der Waals surface area contributed by atoms with Crippen LogP contribution in [0.5, 0.6) is 0 Å². The minimum absolute atomic E-state index is 0.0669. The number of fused-ring (bicyclic) bond motifs is 1. The molecule has 0 aliphatic carbocycles. The summed E-state index contributed by atoms with van der Waals surface area (Å²) in [7, 11) is 0. The van der Waals surface area contributed by atoms with E-state index in [-0.39, 0.29) is 5.91 Å². The molecule has 0 spiro atoms. The average Bonchev–Trinajstić information content (AvgIpc) is 2.56. The van der Waals surface area contributed by atoms with Crippen LogP contribution in [0.4, 0.5) is 17.2 Å². The van der Waals surface area contributed by atoms with Crippen molar-refractivity contribution < 1.29 is 4.79 Å².